The van der Waals surface area contributed by atoms with E-state index in [4.69, 9.17) is 11.5 Å². The summed E-state index contributed by atoms with van der Waals surface area (Å²) in [5.41, 5.74) is 13.2. The van der Waals surface area contributed by atoms with Crippen LogP contribution in [-0.4, -0.2) is 37.0 Å². The van der Waals surface area contributed by atoms with Crippen LogP contribution < -0.4 is 16.8 Å². The molecule has 1 saturated carbocycles. The molecule has 0 aromatic heterocycles. The van der Waals surface area contributed by atoms with E-state index in [9.17, 15) is 4.79 Å². The summed E-state index contributed by atoms with van der Waals surface area (Å²) in [5, 5.41) is 3.32. The maximum atomic E-state index is 11.4. The van der Waals surface area contributed by atoms with Crippen molar-refractivity contribution in [3.8, 4) is 0 Å². The van der Waals surface area contributed by atoms with Gasteiger partial charge in [-0.05, 0) is 45.5 Å². The van der Waals surface area contributed by atoms with E-state index in [1.165, 1.54) is 6.42 Å². The second-order valence-corrected chi connectivity index (χ2v) is 5.46. The van der Waals surface area contributed by atoms with Crippen molar-refractivity contribution < 1.29 is 4.79 Å². The molecule has 0 saturated heterocycles. The highest BCUT2D eigenvalue weighted by Crippen LogP contribution is 2.37. The van der Waals surface area contributed by atoms with Crippen LogP contribution in [0.3, 0.4) is 0 Å². The minimum Gasteiger partial charge on any atom is -0.397 e. The Hall–Kier alpha value is -1.75. The third-order valence-electron chi connectivity index (χ3n) is 4.19. The van der Waals surface area contributed by atoms with Gasteiger partial charge in [-0.15, -0.1) is 0 Å². The maximum absolute atomic E-state index is 11.4. The van der Waals surface area contributed by atoms with Crippen molar-refractivity contribution in [2.75, 3.05) is 31.7 Å². The average Bonchev–Trinajstić information content (AvgIpc) is 2.28. The number of carbonyl (C=O) groups excluding carboxylic acids is 1. The van der Waals surface area contributed by atoms with Crippen LogP contribution in [0.5, 0.6) is 0 Å². The first-order valence-electron chi connectivity index (χ1n) is 6.56. The van der Waals surface area contributed by atoms with Gasteiger partial charge in [-0.2, -0.15) is 0 Å². The molecule has 0 heterocycles. The first-order chi connectivity index (χ1) is 8.96. The van der Waals surface area contributed by atoms with Crippen molar-refractivity contribution in [1.82, 2.24) is 4.90 Å². The molecule has 0 radical (unpaired) electrons. The molecule has 104 valence electrons. The fourth-order valence-electron chi connectivity index (χ4n) is 2.59. The zero-order valence-corrected chi connectivity index (χ0v) is 11.6. The summed E-state index contributed by atoms with van der Waals surface area (Å²) in [5.74, 6) is -0.456. The highest BCUT2D eigenvalue weighted by atomic mass is 16.1. The molecular formula is C14H22N4O. The topological polar surface area (TPSA) is 84.4 Å². The number of carbonyl (C=O) groups is 1. The summed E-state index contributed by atoms with van der Waals surface area (Å²) in [6.07, 6.45) is 3.56. The lowest BCUT2D eigenvalue weighted by Gasteiger charge is -2.47. The molecule has 0 unspecified atom stereocenters. The molecule has 1 aromatic rings. The van der Waals surface area contributed by atoms with Crippen LogP contribution in [0.15, 0.2) is 18.2 Å². The van der Waals surface area contributed by atoms with E-state index in [0.29, 0.717) is 16.9 Å². The maximum Gasteiger partial charge on any atom is 0.250 e. The number of anilines is 2. The van der Waals surface area contributed by atoms with Crippen molar-refractivity contribution in [1.29, 1.82) is 0 Å². The van der Waals surface area contributed by atoms with E-state index < -0.39 is 5.91 Å². The molecule has 5 N–H and O–H groups in total. The number of nitrogens with two attached hydrogens (primary N) is 2. The number of nitrogens with one attached hydrogen (secondary N) is 1. The molecule has 0 bridgehead atoms. The number of nitrogens with zero attached hydrogens (tertiary/aromatic N) is 1. The second kappa shape index (κ2) is 5.09. The number of hydrogen-bond acceptors (Lipinski definition) is 4. The number of nitrogen functional groups attached to an aromatic ring is 1. The first kappa shape index (κ1) is 13.7. The van der Waals surface area contributed by atoms with E-state index in [2.05, 4.69) is 24.3 Å². The van der Waals surface area contributed by atoms with Crippen LogP contribution in [-0.2, 0) is 0 Å². The molecule has 19 heavy (non-hydrogen) atoms. The SMILES string of the molecule is CN(C)C1(CNc2c(N)cccc2C(N)=O)CCC1. The Morgan fingerprint density at radius 2 is 2.11 bits per heavy atom. The van der Waals surface area contributed by atoms with Gasteiger partial charge >= 0.3 is 0 Å². The van der Waals surface area contributed by atoms with Crippen LogP contribution in [0.4, 0.5) is 11.4 Å². The van der Waals surface area contributed by atoms with Crippen molar-refractivity contribution >= 4 is 17.3 Å². The Morgan fingerprint density at radius 1 is 1.42 bits per heavy atom. The third-order valence-corrected chi connectivity index (χ3v) is 4.19. The Balaban J connectivity index is 2.17. The van der Waals surface area contributed by atoms with Gasteiger partial charge in [0.25, 0.3) is 5.91 Å². The van der Waals surface area contributed by atoms with Gasteiger partial charge in [-0.3, -0.25) is 4.79 Å². The summed E-state index contributed by atoms with van der Waals surface area (Å²) >= 11 is 0. The molecule has 0 spiro atoms. The molecule has 1 fully saturated rings. The summed E-state index contributed by atoms with van der Waals surface area (Å²) < 4.78 is 0. The Kier molecular flexibility index (Phi) is 3.66. The van der Waals surface area contributed by atoms with Gasteiger partial charge in [0.2, 0.25) is 0 Å². The number of hydrogen-bond donors (Lipinski definition) is 3. The fourth-order valence-corrected chi connectivity index (χ4v) is 2.59. The molecule has 0 atom stereocenters. The molecule has 2 rings (SSSR count). The second-order valence-electron chi connectivity index (χ2n) is 5.46. The lowest BCUT2D eigenvalue weighted by molar-refractivity contribution is 0.0739. The minimum atomic E-state index is -0.456. The Bertz CT molecular complexity index is 480. The van der Waals surface area contributed by atoms with E-state index in [1.807, 2.05) is 0 Å². The molecule has 5 heteroatoms. The van der Waals surface area contributed by atoms with Crippen molar-refractivity contribution in [2.24, 2.45) is 5.73 Å². The molecule has 5 nitrogen and oxygen atoms in total. The normalized spacial score (nSPS) is 17.0. The van der Waals surface area contributed by atoms with Gasteiger partial charge in [0.05, 0.1) is 16.9 Å². The number of amides is 1. The van der Waals surface area contributed by atoms with Crippen molar-refractivity contribution in [2.45, 2.75) is 24.8 Å². The highest BCUT2D eigenvalue weighted by molar-refractivity contribution is 6.01. The monoisotopic (exact) mass is 262 g/mol. The summed E-state index contributed by atoms with van der Waals surface area (Å²) in [6.45, 7) is 0.772. The molecule has 1 aliphatic carbocycles. The largest absolute Gasteiger partial charge is 0.397 e. The predicted molar refractivity (Wildman–Crippen MR) is 78.1 cm³/mol. The lowest BCUT2D eigenvalue weighted by atomic mass is 9.75. The molecule has 0 aliphatic heterocycles. The van der Waals surface area contributed by atoms with E-state index in [-0.39, 0.29) is 5.54 Å². The van der Waals surface area contributed by atoms with E-state index in [0.717, 1.165) is 19.4 Å². The minimum absolute atomic E-state index is 0.164. The Labute approximate surface area is 113 Å². The van der Waals surface area contributed by atoms with E-state index >= 15 is 0 Å². The Morgan fingerprint density at radius 3 is 2.58 bits per heavy atom. The van der Waals surface area contributed by atoms with Crippen LogP contribution in [0.1, 0.15) is 29.6 Å². The van der Waals surface area contributed by atoms with Crippen molar-refractivity contribution in [3.05, 3.63) is 23.8 Å². The summed E-state index contributed by atoms with van der Waals surface area (Å²) in [7, 11) is 4.17. The molecular weight excluding hydrogens is 240 g/mol. The first-order valence-corrected chi connectivity index (χ1v) is 6.56. The standard InChI is InChI=1S/C14H22N4O/c1-18(2)14(7-4-8-14)9-17-12-10(13(16)19)5-3-6-11(12)15/h3,5-6,17H,4,7-9,15H2,1-2H3,(H2,16,19). The van der Waals surface area contributed by atoms with Gasteiger partial charge in [0.1, 0.15) is 0 Å². The lowest BCUT2D eigenvalue weighted by Crippen LogP contribution is -2.54. The number of primary amides is 1. The van der Waals surface area contributed by atoms with Crippen LogP contribution in [0, 0.1) is 0 Å². The summed E-state index contributed by atoms with van der Waals surface area (Å²) in [4.78, 5) is 13.7. The number of rotatable bonds is 5. The zero-order valence-electron chi connectivity index (χ0n) is 11.6. The van der Waals surface area contributed by atoms with Gasteiger partial charge in [-0.25, -0.2) is 0 Å². The molecule has 1 amide bonds. The number of benzene rings is 1. The van der Waals surface area contributed by atoms with Gasteiger partial charge in [0.15, 0.2) is 0 Å². The third kappa shape index (κ3) is 2.51. The number of likely N-dealkylation sites (N-methyl/N-ethyl adjacent to an activating group) is 1. The molecule has 1 aliphatic rings. The smallest absolute Gasteiger partial charge is 0.250 e. The molecule has 1 aromatic carbocycles. The van der Waals surface area contributed by atoms with Crippen LogP contribution >= 0.6 is 0 Å². The highest BCUT2D eigenvalue weighted by Gasteiger charge is 2.38. The summed E-state index contributed by atoms with van der Waals surface area (Å²) in [6, 6.07) is 5.22. The van der Waals surface area contributed by atoms with Gasteiger partial charge in [-0.1, -0.05) is 6.07 Å². The van der Waals surface area contributed by atoms with Gasteiger partial charge in [0, 0.05) is 12.1 Å². The average molecular weight is 262 g/mol. The van der Waals surface area contributed by atoms with E-state index in [1.54, 1.807) is 18.2 Å². The fraction of sp³-hybridized carbons (Fsp3) is 0.500. The predicted octanol–water partition coefficient (Wildman–Crippen LogP) is 1.26. The quantitative estimate of drug-likeness (QED) is 0.698. The number of para-hydroxylation sites is 1. The van der Waals surface area contributed by atoms with Crippen LogP contribution in [0.25, 0.3) is 0 Å². The van der Waals surface area contributed by atoms with Crippen molar-refractivity contribution in [3.63, 3.8) is 0 Å². The van der Waals surface area contributed by atoms with Crippen LogP contribution in [0.2, 0.25) is 0 Å². The zero-order chi connectivity index (χ0) is 14.0. The van der Waals surface area contributed by atoms with Gasteiger partial charge < -0.3 is 21.7 Å².